The van der Waals surface area contributed by atoms with E-state index in [1.165, 1.54) is 0 Å². The van der Waals surface area contributed by atoms with Crippen LogP contribution in [0.1, 0.15) is 31.1 Å². The lowest BCUT2D eigenvalue weighted by Crippen LogP contribution is -2.39. The van der Waals surface area contributed by atoms with Gasteiger partial charge in [-0.1, -0.05) is 54.6 Å². The molecule has 0 bridgehead atoms. The lowest BCUT2D eigenvalue weighted by atomic mass is 10.1. The molecule has 0 heterocycles. The quantitative estimate of drug-likeness (QED) is 0.487. The topological polar surface area (TPSA) is 63.7 Å². The Kier molecular flexibility index (Phi) is 6.31. The number of hydrogen-bond donors (Lipinski definition) is 0. The molecule has 28 heavy (non-hydrogen) atoms. The summed E-state index contributed by atoms with van der Waals surface area (Å²) in [6.07, 6.45) is 0. The Bertz CT molecular complexity index is 889. The van der Waals surface area contributed by atoms with Crippen LogP contribution in [-0.4, -0.2) is 35.8 Å². The van der Waals surface area contributed by atoms with Gasteiger partial charge in [-0.3, -0.25) is 14.5 Å². The van der Waals surface area contributed by atoms with Crippen LogP contribution in [0, 0.1) is 0 Å². The minimum atomic E-state index is -0.500. The number of carbonyl (C=O) groups is 3. The smallest absolute Gasteiger partial charge is 0.338 e. The summed E-state index contributed by atoms with van der Waals surface area (Å²) in [5.74, 6) is -1.38. The summed E-state index contributed by atoms with van der Waals surface area (Å²) in [7, 11) is 0. The number of carbonyl (C=O) groups excluding carboxylic acids is 3. The van der Waals surface area contributed by atoms with Gasteiger partial charge in [-0.15, -0.1) is 0 Å². The van der Waals surface area contributed by atoms with Crippen LogP contribution in [-0.2, 0) is 4.74 Å². The van der Waals surface area contributed by atoms with E-state index in [4.69, 9.17) is 4.74 Å². The third-order valence-electron chi connectivity index (χ3n) is 4.09. The molecule has 0 aliphatic heterocycles. The highest BCUT2D eigenvalue weighted by Crippen LogP contribution is 2.11. The highest BCUT2D eigenvalue weighted by Gasteiger charge is 2.24. The zero-order chi connectivity index (χ0) is 19.8. The summed E-state index contributed by atoms with van der Waals surface area (Å²) >= 11 is 0. The first-order valence-corrected chi connectivity index (χ1v) is 8.85. The van der Waals surface area contributed by atoms with E-state index in [1.54, 1.807) is 91.0 Å². The van der Waals surface area contributed by atoms with Gasteiger partial charge < -0.3 is 4.74 Å². The largest absolute Gasteiger partial charge is 0.460 e. The van der Waals surface area contributed by atoms with Crippen LogP contribution < -0.4 is 0 Å². The van der Waals surface area contributed by atoms with E-state index in [-0.39, 0.29) is 13.2 Å². The average molecular weight is 373 g/mol. The summed E-state index contributed by atoms with van der Waals surface area (Å²) in [6, 6.07) is 25.6. The number of benzene rings is 3. The lowest BCUT2D eigenvalue weighted by molar-refractivity contribution is 0.0407. The molecule has 0 radical (unpaired) electrons. The van der Waals surface area contributed by atoms with Gasteiger partial charge in [0, 0.05) is 11.1 Å². The van der Waals surface area contributed by atoms with Crippen molar-refractivity contribution in [2.45, 2.75) is 0 Å². The second-order valence-corrected chi connectivity index (χ2v) is 6.00. The summed E-state index contributed by atoms with van der Waals surface area (Å²) < 4.78 is 5.25. The standard InChI is InChI=1S/C23H19NO4/c25-21(18-10-4-1-5-11-18)24(22(26)19-12-6-2-7-13-19)16-17-28-23(27)20-14-8-3-9-15-20/h1-15H,16-17H2. The average Bonchev–Trinajstić information content (AvgIpc) is 2.77. The molecule has 0 atom stereocenters. The van der Waals surface area contributed by atoms with Crippen LogP contribution in [0.25, 0.3) is 0 Å². The minimum Gasteiger partial charge on any atom is -0.460 e. The molecular weight excluding hydrogens is 354 g/mol. The van der Waals surface area contributed by atoms with E-state index in [0.29, 0.717) is 16.7 Å². The number of amides is 2. The zero-order valence-corrected chi connectivity index (χ0v) is 15.2. The maximum Gasteiger partial charge on any atom is 0.338 e. The van der Waals surface area contributed by atoms with Gasteiger partial charge in [-0.05, 0) is 36.4 Å². The molecule has 0 saturated heterocycles. The fourth-order valence-electron chi connectivity index (χ4n) is 2.66. The molecule has 0 fully saturated rings. The monoisotopic (exact) mass is 373 g/mol. The molecule has 3 aromatic rings. The van der Waals surface area contributed by atoms with Crippen molar-refractivity contribution in [3.8, 4) is 0 Å². The molecule has 2 amide bonds. The van der Waals surface area contributed by atoms with E-state index < -0.39 is 17.8 Å². The fraction of sp³-hybridized carbons (Fsp3) is 0.0870. The highest BCUT2D eigenvalue weighted by molar-refractivity contribution is 6.10. The summed E-state index contributed by atoms with van der Waals surface area (Å²) in [5.41, 5.74) is 1.19. The molecule has 0 aliphatic carbocycles. The third-order valence-corrected chi connectivity index (χ3v) is 4.09. The number of ether oxygens (including phenoxy) is 1. The molecule has 3 aromatic carbocycles. The molecule has 0 aliphatic rings. The molecular formula is C23H19NO4. The van der Waals surface area contributed by atoms with Crippen molar-refractivity contribution < 1.29 is 19.1 Å². The van der Waals surface area contributed by atoms with Gasteiger partial charge in [0.05, 0.1) is 12.1 Å². The number of hydrogen-bond acceptors (Lipinski definition) is 4. The molecule has 5 heteroatoms. The maximum atomic E-state index is 12.9. The SMILES string of the molecule is O=C(OCCN(C(=O)c1ccccc1)C(=O)c1ccccc1)c1ccccc1. The Labute approximate surface area is 163 Å². The predicted octanol–water partition coefficient (Wildman–Crippen LogP) is 3.83. The van der Waals surface area contributed by atoms with E-state index in [1.807, 2.05) is 0 Å². The van der Waals surface area contributed by atoms with Gasteiger partial charge in [-0.2, -0.15) is 0 Å². The van der Waals surface area contributed by atoms with Crippen molar-refractivity contribution in [1.29, 1.82) is 0 Å². The van der Waals surface area contributed by atoms with Crippen LogP contribution in [0.3, 0.4) is 0 Å². The Morgan fingerprint density at radius 2 is 1.00 bits per heavy atom. The van der Waals surface area contributed by atoms with Gasteiger partial charge in [0.15, 0.2) is 0 Å². The van der Waals surface area contributed by atoms with Crippen molar-refractivity contribution in [3.63, 3.8) is 0 Å². The Balaban J connectivity index is 1.74. The Morgan fingerprint density at radius 3 is 1.43 bits per heavy atom. The highest BCUT2D eigenvalue weighted by atomic mass is 16.5. The van der Waals surface area contributed by atoms with Crippen LogP contribution in [0.2, 0.25) is 0 Å². The molecule has 0 saturated carbocycles. The van der Waals surface area contributed by atoms with Crippen molar-refractivity contribution in [2.24, 2.45) is 0 Å². The maximum absolute atomic E-state index is 12.9. The Hall–Kier alpha value is -3.73. The normalized spacial score (nSPS) is 10.1. The molecule has 3 rings (SSSR count). The van der Waals surface area contributed by atoms with Gasteiger partial charge in [0.25, 0.3) is 11.8 Å². The number of nitrogens with zero attached hydrogens (tertiary/aromatic N) is 1. The molecule has 0 aromatic heterocycles. The number of esters is 1. The lowest BCUT2D eigenvalue weighted by Gasteiger charge is -2.21. The predicted molar refractivity (Wildman–Crippen MR) is 105 cm³/mol. The van der Waals surface area contributed by atoms with E-state index in [2.05, 4.69) is 0 Å². The van der Waals surface area contributed by atoms with Gasteiger partial charge >= 0.3 is 5.97 Å². The molecule has 0 unspecified atom stereocenters. The second kappa shape index (κ2) is 9.28. The van der Waals surface area contributed by atoms with Crippen molar-refractivity contribution in [2.75, 3.05) is 13.2 Å². The first-order chi connectivity index (χ1) is 13.7. The van der Waals surface area contributed by atoms with E-state index >= 15 is 0 Å². The second-order valence-electron chi connectivity index (χ2n) is 6.00. The van der Waals surface area contributed by atoms with Crippen molar-refractivity contribution in [1.82, 2.24) is 4.90 Å². The van der Waals surface area contributed by atoms with Crippen LogP contribution >= 0.6 is 0 Å². The number of imide groups is 1. The van der Waals surface area contributed by atoms with E-state index in [0.717, 1.165) is 4.90 Å². The summed E-state index contributed by atoms with van der Waals surface area (Å²) in [4.78, 5) is 38.9. The van der Waals surface area contributed by atoms with Crippen LogP contribution in [0.4, 0.5) is 0 Å². The minimum absolute atomic E-state index is 0.0416. The summed E-state index contributed by atoms with van der Waals surface area (Å²) in [5, 5.41) is 0. The molecule has 5 nitrogen and oxygen atoms in total. The van der Waals surface area contributed by atoms with Crippen molar-refractivity contribution >= 4 is 17.8 Å². The van der Waals surface area contributed by atoms with Crippen LogP contribution in [0.5, 0.6) is 0 Å². The Morgan fingerprint density at radius 1 is 0.607 bits per heavy atom. The van der Waals surface area contributed by atoms with Crippen LogP contribution in [0.15, 0.2) is 91.0 Å². The van der Waals surface area contributed by atoms with Crippen molar-refractivity contribution in [3.05, 3.63) is 108 Å². The van der Waals surface area contributed by atoms with Gasteiger partial charge in [-0.25, -0.2) is 4.79 Å². The summed E-state index contributed by atoms with van der Waals surface area (Å²) in [6.45, 7) is -0.134. The molecule has 0 N–H and O–H groups in total. The van der Waals surface area contributed by atoms with Gasteiger partial charge in [0.1, 0.15) is 6.61 Å². The number of rotatable bonds is 6. The molecule has 140 valence electrons. The van der Waals surface area contributed by atoms with E-state index in [9.17, 15) is 14.4 Å². The zero-order valence-electron chi connectivity index (χ0n) is 15.2. The third kappa shape index (κ3) is 4.71. The first kappa shape index (κ1) is 19.0. The van der Waals surface area contributed by atoms with Gasteiger partial charge in [0.2, 0.25) is 0 Å². The fourth-order valence-corrected chi connectivity index (χ4v) is 2.66. The molecule has 0 spiro atoms. The first-order valence-electron chi connectivity index (χ1n) is 8.85.